The Morgan fingerprint density at radius 2 is 1.91 bits per heavy atom. The molecule has 1 saturated heterocycles. The molecule has 2 atom stereocenters. The van der Waals surface area contributed by atoms with Crippen LogP contribution in [0.4, 0.5) is 5.69 Å². The zero-order chi connectivity index (χ0) is 22.5. The molecule has 4 rings (SSSR count). The van der Waals surface area contributed by atoms with Crippen LogP contribution in [0.1, 0.15) is 30.0 Å². The Labute approximate surface area is 188 Å². The van der Waals surface area contributed by atoms with Gasteiger partial charge in [0.1, 0.15) is 5.75 Å². The third-order valence-corrected chi connectivity index (χ3v) is 6.03. The number of nitrogens with zero attached hydrogens (tertiary/aromatic N) is 3. The fourth-order valence-corrected chi connectivity index (χ4v) is 4.24. The summed E-state index contributed by atoms with van der Waals surface area (Å²) in [6.45, 7) is 0.731. The Morgan fingerprint density at radius 3 is 2.62 bits per heavy atom. The van der Waals surface area contributed by atoms with E-state index in [0.717, 1.165) is 24.3 Å². The highest BCUT2D eigenvalue weighted by atomic mass is 16.5. The Balaban J connectivity index is 1.45. The number of likely N-dealkylation sites (tertiary alicyclic amines) is 1. The summed E-state index contributed by atoms with van der Waals surface area (Å²) in [6, 6.07) is 17.4. The number of hydrogen-bond donors (Lipinski definition) is 1. The Kier molecular flexibility index (Phi) is 6.54. The van der Waals surface area contributed by atoms with E-state index in [-0.39, 0.29) is 23.8 Å². The van der Waals surface area contributed by atoms with Gasteiger partial charge in [0, 0.05) is 26.2 Å². The molecule has 0 radical (unpaired) electrons. The monoisotopic (exact) mass is 432 g/mol. The number of hydrogen-bond acceptors (Lipinski definition) is 4. The van der Waals surface area contributed by atoms with Crippen LogP contribution in [0.25, 0.3) is 0 Å². The number of benzene rings is 2. The summed E-state index contributed by atoms with van der Waals surface area (Å²) in [5.74, 6) is 0.331. The minimum absolute atomic E-state index is 0.0450. The van der Waals surface area contributed by atoms with Crippen LogP contribution in [-0.2, 0) is 22.6 Å². The van der Waals surface area contributed by atoms with Gasteiger partial charge in [0.05, 0.1) is 31.0 Å². The summed E-state index contributed by atoms with van der Waals surface area (Å²) < 4.78 is 7.07. The summed E-state index contributed by atoms with van der Waals surface area (Å²) in [6.07, 6.45) is 5.25. The summed E-state index contributed by atoms with van der Waals surface area (Å²) in [7, 11) is 3.37. The highest BCUT2D eigenvalue weighted by Crippen LogP contribution is 2.37. The first kappa shape index (κ1) is 21.6. The van der Waals surface area contributed by atoms with Crippen molar-refractivity contribution in [2.75, 3.05) is 19.5 Å². The van der Waals surface area contributed by atoms with E-state index in [2.05, 4.69) is 22.5 Å². The Hall–Kier alpha value is -3.61. The van der Waals surface area contributed by atoms with Crippen LogP contribution in [-0.4, -0.2) is 40.7 Å². The van der Waals surface area contributed by atoms with E-state index >= 15 is 0 Å². The zero-order valence-corrected chi connectivity index (χ0v) is 18.4. The van der Waals surface area contributed by atoms with Crippen LogP contribution in [0, 0.1) is 5.92 Å². The molecule has 2 amide bonds. The second-order valence-corrected chi connectivity index (χ2v) is 8.08. The molecule has 0 bridgehead atoms. The number of carbonyl (C=O) groups excluding carboxylic acids is 2. The molecule has 2 unspecified atom stereocenters. The molecule has 1 aliphatic rings. The number of carbonyl (C=O) groups is 2. The molecule has 7 heteroatoms. The van der Waals surface area contributed by atoms with E-state index in [1.165, 1.54) is 5.56 Å². The lowest BCUT2D eigenvalue weighted by Gasteiger charge is -2.38. The smallest absolute Gasteiger partial charge is 0.230 e. The number of anilines is 1. The molecule has 7 nitrogen and oxygen atoms in total. The summed E-state index contributed by atoms with van der Waals surface area (Å²) in [4.78, 5) is 27.3. The molecule has 0 aliphatic carbocycles. The molecule has 2 heterocycles. The van der Waals surface area contributed by atoms with Crippen molar-refractivity contribution in [3.8, 4) is 5.75 Å². The molecule has 3 aromatic rings. The molecule has 0 saturated carbocycles. The molecule has 2 aromatic carbocycles. The largest absolute Gasteiger partial charge is 0.497 e. The summed E-state index contributed by atoms with van der Waals surface area (Å²) in [5, 5.41) is 7.38. The van der Waals surface area contributed by atoms with Gasteiger partial charge in [0.15, 0.2) is 0 Å². The average molecular weight is 433 g/mol. The SMILES string of the molecule is COc1ccc(C2C(C(=O)Nc3cnn(CCc4ccccc4)c3)CCC(=O)N2C)cc1. The summed E-state index contributed by atoms with van der Waals surface area (Å²) in [5.41, 5.74) is 2.82. The van der Waals surface area contributed by atoms with E-state index in [0.29, 0.717) is 18.5 Å². The number of ether oxygens (including phenoxy) is 1. The first-order valence-electron chi connectivity index (χ1n) is 10.8. The van der Waals surface area contributed by atoms with Crippen LogP contribution in [0.2, 0.25) is 0 Å². The van der Waals surface area contributed by atoms with Crippen molar-refractivity contribution in [1.82, 2.24) is 14.7 Å². The number of aryl methyl sites for hydroxylation is 2. The molecule has 1 aromatic heterocycles. The Bertz CT molecular complexity index is 1060. The normalized spacial score (nSPS) is 18.4. The van der Waals surface area contributed by atoms with Crippen molar-refractivity contribution >= 4 is 17.5 Å². The maximum absolute atomic E-state index is 13.2. The van der Waals surface area contributed by atoms with Crippen molar-refractivity contribution < 1.29 is 14.3 Å². The minimum atomic E-state index is -0.348. The van der Waals surface area contributed by atoms with E-state index in [1.54, 1.807) is 25.3 Å². The maximum atomic E-state index is 13.2. The van der Waals surface area contributed by atoms with Crippen LogP contribution >= 0.6 is 0 Å². The number of nitrogens with one attached hydrogen (secondary N) is 1. The number of piperidine rings is 1. The lowest BCUT2D eigenvalue weighted by atomic mass is 9.84. The molecule has 1 aliphatic heterocycles. The van der Waals surface area contributed by atoms with Crippen molar-refractivity contribution in [2.24, 2.45) is 5.92 Å². The van der Waals surface area contributed by atoms with Crippen molar-refractivity contribution in [3.63, 3.8) is 0 Å². The van der Waals surface area contributed by atoms with Gasteiger partial charge in [-0.2, -0.15) is 5.10 Å². The van der Waals surface area contributed by atoms with Crippen molar-refractivity contribution in [2.45, 2.75) is 31.8 Å². The highest BCUT2D eigenvalue weighted by Gasteiger charge is 2.39. The maximum Gasteiger partial charge on any atom is 0.230 e. The predicted octanol–water partition coefficient (Wildman–Crippen LogP) is 3.68. The zero-order valence-electron chi connectivity index (χ0n) is 18.4. The topological polar surface area (TPSA) is 76.5 Å². The molecule has 1 N–H and O–H groups in total. The van der Waals surface area contributed by atoms with E-state index in [4.69, 9.17) is 4.74 Å². The van der Waals surface area contributed by atoms with Gasteiger partial charge in [0.25, 0.3) is 0 Å². The molecule has 32 heavy (non-hydrogen) atoms. The van der Waals surface area contributed by atoms with E-state index in [9.17, 15) is 9.59 Å². The van der Waals surface area contributed by atoms with Gasteiger partial charge >= 0.3 is 0 Å². The van der Waals surface area contributed by atoms with Crippen molar-refractivity contribution in [1.29, 1.82) is 0 Å². The number of methoxy groups -OCH3 is 1. The minimum Gasteiger partial charge on any atom is -0.497 e. The predicted molar refractivity (Wildman–Crippen MR) is 122 cm³/mol. The van der Waals surface area contributed by atoms with Gasteiger partial charge in [-0.25, -0.2) is 0 Å². The number of aromatic nitrogens is 2. The number of rotatable bonds is 7. The van der Waals surface area contributed by atoms with Gasteiger partial charge in [-0.15, -0.1) is 0 Å². The van der Waals surface area contributed by atoms with Gasteiger partial charge in [-0.05, 0) is 36.1 Å². The highest BCUT2D eigenvalue weighted by molar-refractivity contribution is 5.94. The molecule has 0 spiro atoms. The molecule has 1 fully saturated rings. The van der Waals surface area contributed by atoms with E-state index in [1.807, 2.05) is 53.3 Å². The van der Waals surface area contributed by atoms with Gasteiger partial charge in [-0.1, -0.05) is 42.5 Å². The van der Waals surface area contributed by atoms with Crippen LogP contribution < -0.4 is 10.1 Å². The molecular formula is C25H28N4O3. The molecule has 166 valence electrons. The van der Waals surface area contributed by atoms with Crippen molar-refractivity contribution in [3.05, 3.63) is 78.1 Å². The average Bonchev–Trinajstić information content (AvgIpc) is 3.27. The lowest BCUT2D eigenvalue weighted by molar-refractivity contribution is -0.140. The fraction of sp³-hybridized carbons (Fsp3) is 0.320. The quantitative estimate of drug-likeness (QED) is 0.618. The van der Waals surface area contributed by atoms with Gasteiger partial charge in [-0.3, -0.25) is 14.3 Å². The second-order valence-electron chi connectivity index (χ2n) is 8.08. The van der Waals surface area contributed by atoms with Gasteiger partial charge in [0.2, 0.25) is 11.8 Å². The standard InChI is InChI=1S/C25H28N4O3/c1-28-23(30)13-12-22(24(28)19-8-10-21(32-2)11-9-19)25(31)27-20-16-26-29(17-20)15-14-18-6-4-3-5-7-18/h3-11,16-17,22,24H,12-15H2,1-2H3,(H,27,31). The molecular weight excluding hydrogens is 404 g/mol. The first-order chi connectivity index (χ1) is 15.5. The third kappa shape index (κ3) is 4.82. The summed E-state index contributed by atoms with van der Waals surface area (Å²) >= 11 is 0. The Morgan fingerprint density at radius 1 is 1.16 bits per heavy atom. The third-order valence-electron chi connectivity index (χ3n) is 6.03. The van der Waals surface area contributed by atoms with Crippen LogP contribution in [0.3, 0.4) is 0 Å². The van der Waals surface area contributed by atoms with Crippen LogP contribution in [0.15, 0.2) is 67.0 Å². The number of amides is 2. The second kappa shape index (κ2) is 9.68. The lowest BCUT2D eigenvalue weighted by Crippen LogP contribution is -2.44. The fourth-order valence-electron chi connectivity index (χ4n) is 4.24. The van der Waals surface area contributed by atoms with E-state index < -0.39 is 0 Å². The van der Waals surface area contributed by atoms with Gasteiger partial charge < -0.3 is 15.0 Å². The van der Waals surface area contributed by atoms with Crippen LogP contribution in [0.5, 0.6) is 5.75 Å². The first-order valence-corrected chi connectivity index (χ1v) is 10.8.